The summed E-state index contributed by atoms with van der Waals surface area (Å²) < 4.78 is 5.85. The van der Waals surface area contributed by atoms with Crippen molar-refractivity contribution in [3.05, 3.63) is 78.2 Å². The largest absolute Gasteiger partial charge is 0.457 e. The fourth-order valence-electron chi connectivity index (χ4n) is 3.49. The molecule has 0 bridgehead atoms. The molecule has 3 aromatic rings. The van der Waals surface area contributed by atoms with E-state index >= 15 is 0 Å². The number of benzene rings is 2. The van der Waals surface area contributed by atoms with Crippen LogP contribution in [-0.4, -0.2) is 27.8 Å². The Kier molecular flexibility index (Phi) is 9.58. The van der Waals surface area contributed by atoms with E-state index in [-0.39, 0.29) is 18.2 Å². The van der Waals surface area contributed by atoms with Gasteiger partial charge in [-0.25, -0.2) is 4.98 Å². The number of nitrogens with one attached hydrogen (secondary N) is 2. The van der Waals surface area contributed by atoms with Crippen LogP contribution in [0.1, 0.15) is 50.8 Å². The lowest BCUT2D eigenvalue weighted by molar-refractivity contribution is -0.126. The summed E-state index contributed by atoms with van der Waals surface area (Å²) in [4.78, 5) is 34.2. The molecule has 0 aliphatic carbocycles. The van der Waals surface area contributed by atoms with Gasteiger partial charge in [0.2, 0.25) is 11.8 Å². The van der Waals surface area contributed by atoms with E-state index in [0.29, 0.717) is 18.0 Å². The molecule has 0 saturated carbocycles. The number of hydrogen-bond acceptors (Lipinski definition) is 5. The van der Waals surface area contributed by atoms with E-state index in [1.807, 2.05) is 61.5 Å². The Labute approximate surface area is 201 Å². The number of nitrogens with zero attached hydrogens (tertiary/aromatic N) is 2. The van der Waals surface area contributed by atoms with E-state index < -0.39 is 6.04 Å². The summed E-state index contributed by atoms with van der Waals surface area (Å²) in [5, 5.41) is 5.67. The third kappa shape index (κ3) is 7.99. The van der Waals surface area contributed by atoms with E-state index in [9.17, 15) is 9.59 Å². The van der Waals surface area contributed by atoms with Crippen LogP contribution >= 0.6 is 0 Å². The zero-order chi connectivity index (χ0) is 24.2. The van der Waals surface area contributed by atoms with Crippen molar-refractivity contribution in [1.82, 2.24) is 15.3 Å². The zero-order valence-corrected chi connectivity index (χ0v) is 19.8. The van der Waals surface area contributed by atoms with E-state index in [2.05, 4.69) is 27.5 Å². The number of anilines is 1. The molecule has 1 atom stereocenters. The Morgan fingerprint density at radius 3 is 2.53 bits per heavy atom. The van der Waals surface area contributed by atoms with Gasteiger partial charge in [-0.05, 0) is 49.1 Å². The molecule has 1 heterocycles. The zero-order valence-electron chi connectivity index (χ0n) is 19.8. The van der Waals surface area contributed by atoms with E-state index in [4.69, 9.17) is 4.74 Å². The average molecular weight is 461 g/mol. The first-order valence-corrected chi connectivity index (χ1v) is 11.8. The van der Waals surface area contributed by atoms with Gasteiger partial charge < -0.3 is 15.4 Å². The van der Waals surface area contributed by atoms with Gasteiger partial charge in [0, 0.05) is 6.20 Å². The molecule has 2 aromatic carbocycles. The first kappa shape index (κ1) is 24.9. The van der Waals surface area contributed by atoms with E-state index in [1.54, 1.807) is 6.20 Å². The molecule has 1 aromatic heterocycles. The monoisotopic (exact) mass is 460 g/mol. The highest BCUT2D eigenvalue weighted by molar-refractivity contribution is 5.96. The van der Waals surface area contributed by atoms with Gasteiger partial charge >= 0.3 is 0 Å². The van der Waals surface area contributed by atoms with Crippen LogP contribution in [0.3, 0.4) is 0 Å². The summed E-state index contributed by atoms with van der Waals surface area (Å²) in [7, 11) is 0. The van der Waals surface area contributed by atoms with Crippen molar-refractivity contribution >= 4 is 17.6 Å². The van der Waals surface area contributed by atoms with E-state index in [1.165, 1.54) is 6.20 Å². The van der Waals surface area contributed by atoms with Crippen LogP contribution in [-0.2, 0) is 22.4 Å². The Morgan fingerprint density at radius 1 is 0.971 bits per heavy atom. The number of carbonyl (C=O) groups excluding carboxylic acids is 2. The van der Waals surface area contributed by atoms with Gasteiger partial charge in [0.1, 0.15) is 17.5 Å². The van der Waals surface area contributed by atoms with E-state index in [0.717, 1.165) is 42.7 Å². The molecule has 0 aliphatic rings. The number of rotatable bonds is 12. The van der Waals surface area contributed by atoms with Crippen LogP contribution < -0.4 is 15.4 Å². The smallest absolute Gasteiger partial charge is 0.248 e. The van der Waals surface area contributed by atoms with Crippen molar-refractivity contribution in [1.29, 1.82) is 0 Å². The fourth-order valence-corrected chi connectivity index (χ4v) is 3.49. The molecule has 0 aliphatic heterocycles. The predicted molar refractivity (Wildman–Crippen MR) is 133 cm³/mol. The highest BCUT2D eigenvalue weighted by Crippen LogP contribution is 2.22. The number of para-hydroxylation sites is 1. The number of carbonyl (C=O) groups is 2. The lowest BCUT2D eigenvalue weighted by Gasteiger charge is -2.18. The first-order chi connectivity index (χ1) is 16.6. The van der Waals surface area contributed by atoms with Crippen molar-refractivity contribution in [3.63, 3.8) is 0 Å². The van der Waals surface area contributed by atoms with Crippen LogP contribution in [0.5, 0.6) is 11.5 Å². The number of amides is 2. The third-order valence-electron chi connectivity index (χ3n) is 5.19. The molecule has 0 radical (unpaired) electrons. The second kappa shape index (κ2) is 13.1. The SMILES string of the molecule is CCCCc1cncc(NC(=O)C(CCC)NC(=O)Cc2cccc(Oc3ccccc3)c2)n1. The number of hydrogen-bond donors (Lipinski definition) is 2. The molecular weight excluding hydrogens is 428 g/mol. The summed E-state index contributed by atoms with van der Waals surface area (Å²) in [5.74, 6) is 1.26. The molecule has 2 amide bonds. The predicted octanol–water partition coefficient (Wildman–Crippen LogP) is 5.08. The molecule has 178 valence electrons. The maximum absolute atomic E-state index is 12.9. The maximum atomic E-state index is 12.9. The lowest BCUT2D eigenvalue weighted by Crippen LogP contribution is -2.44. The highest BCUT2D eigenvalue weighted by atomic mass is 16.5. The van der Waals surface area contributed by atoms with Crippen LogP contribution in [0.25, 0.3) is 0 Å². The molecule has 0 fully saturated rings. The average Bonchev–Trinajstić information content (AvgIpc) is 2.83. The molecule has 34 heavy (non-hydrogen) atoms. The van der Waals surface area contributed by atoms with Gasteiger partial charge in [-0.15, -0.1) is 0 Å². The molecule has 2 N–H and O–H groups in total. The molecule has 0 saturated heterocycles. The third-order valence-corrected chi connectivity index (χ3v) is 5.19. The summed E-state index contributed by atoms with van der Waals surface area (Å²) in [6, 6.07) is 16.2. The Morgan fingerprint density at radius 2 is 1.76 bits per heavy atom. The molecule has 1 unspecified atom stereocenters. The number of aromatic nitrogens is 2. The second-order valence-electron chi connectivity index (χ2n) is 8.14. The first-order valence-electron chi connectivity index (χ1n) is 11.8. The van der Waals surface area contributed by atoms with Crippen molar-refractivity contribution in [2.24, 2.45) is 0 Å². The van der Waals surface area contributed by atoms with Crippen LogP contribution in [0, 0.1) is 0 Å². The van der Waals surface area contributed by atoms with Crippen molar-refractivity contribution in [2.45, 2.75) is 58.4 Å². The minimum absolute atomic E-state index is 0.145. The minimum atomic E-state index is -0.651. The van der Waals surface area contributed by atoms with Crippen LogP contribution in [0.15, 0.2) is 67.0 Å². The normalized spacial score (nSPS) is 11.5. The molecule has 7 nitrogen and oxygen atoms in total. The summed E-state index contributed by atoms with van der Waals surface area (Å²) >= 11 is 0. The Hall–Kier alpha value is -3.74. The number of ether oxygens (including phenoxy) is 1. The van der Waals surface area contributed by atoms with Gasteiger partial charge in [0.25, 0.3) is 0 Å². The van der Waals surface area contributed by atoms with Crippen molar-refractivity contribution in [3.8, 4) is 11.5 Å². The van der Waals surface area contributed by atoms with Gasteiger partial charge in [-0.3, -0.25) is 14.6 Å². The maximum Gasteiger partial charge on any atom is 0.248 e. The lowest BCUT2D eigenvalue weighted by atomic mass is 10.1. The van der Waals surface area contributed by atoms with Crippen molar-refractivity contribution < 1.29 is 14.3 Å². The van der Waals surface area contributed by atoms with Crippen molar-refractivity contribution in [2.75, 3.05) is 5.32 Å². The Balaban J connectivity index is 1.59. The Bertz CT molecular complexity index is 1070. The molecular formula is C27H32N4O3. The number of unbranched alkanes of at least 4 members (excludes halogenated alkanes) is 1. The summed E-state index contributed by atoms with van der Waals surface area (Å²) in [6.07, 6.45) is 7.55. The van der Waals surface area contributed by atoms with Gasteiger partial charge in [-0.2, -0.15) is 0 Å². The summed E-state index contributed by atoms with van der Waals surface area (Å²) in [5.41, 5.74) is 1.64. The standard InChI is InChI=1S/C27H32N4O3/c1-3-5-12-21-18-28-19-25(29-21)31-27(33)24(10-4-2)30-26(32)17-20-11-9-15-23(16-20)34-22-13-7-6-8-14-22/h6-9,11,13-16,18-19,24H,3-5,10,12,17H2,1-2H3,(H,30,32)(H,29,31,33). The number of aryl methyl sites for hydroxylation is 1. The topological polar surface area (TPSA) is 93.2 Å². The summed E-state index contributed by atoms with van der Waals surface area (Å²) in [6.45, 7) is 4.09. The highest BCUT2D eigenvalue weighted by Gasteiger charge is 2.21. The molecule has 3 rings (SSSR count). The van der Waals surface area contributed by atoms with Crippen LogP contribution in [0.4, 0.5) is 5.82 Å². The minimum Gasteiger partial charge on any atom is -0.457 e. The van der Waals surface area contributed by atoms with Crippen LogP contribution in [0.2, 0.25) is 0 Å². The second-order valence-corrected chi connectivity index (χ2v) is 8.14. The van der Waals surface area contributed by atoms with Gasteiger partial charge in [0.05, 0.1) is 18.3 Å². The van der Waals surface area contributed by atoms with Gasteiger partial charge in [0.15, 0.2) is 5.82 Å². The molecule has 7 heteroatoms. The molecule has 0 spiro atoms. The quantitative estimate of drug-likeness (QED) is 0.393. The fraction of sp³-hybridized carbons (Fsp3) is 0.333. The van der Waals surface area contributed by atoms with Gasteiger partial charge in [-0.1, -0.05) is 57.0 Å².